The number of esters is 1. The Morgan fingerprint density at radius 1 is 1.04 bits per heavy atom. The molecule has 0 aromatic heterocycles. The molecule has 28 heavy (non-hydrogen) atoms. The van der Waals surface area contributed by atoms with Crippen LogP contribution in [-0.4, -0.2) is 41.8 Å². The van der Waals surface area contributed by atoms with Crippen LogP contribution in [0.4, 0.5) is 5.69 Å². The fraction of sp³-hybridized carbons (Fsp3) is 0.211. The first-order chi connectivity index (χ1) is 13.5. The number of methoxy groups -OCH3 is 2. The van der Waals surface area contributed by atoms with Gasteiger partial charge in [0.15, 0.2) is 16.4 Å². The second-order valence-corrected chi connectivity index (χ2v) is 7.60. The van der Waals surface area contributed by atoms with E-state index in [4.69, 9.17) is 14.2 Å². The van der Waals surface area contributed by atoms with Crippen molar-refractivity contribution in [2.45, 2.75) is 4.90 Å². The van der Waals surface area contributed by atoms with E-state index < -0.39 is 20.7 Å². The fourth-order valence-electron chi connectivity index (χ4n) is 2.51. The van der Waals surface area contributed by atoms with Gasteiger partial charge in [-0.1, -0.05) is 0 Å². The van der Waals surface area contributed by atoms with Crippen LogP contribution >= 0.6 is 0 Å². The summed E-state index contributed by atoms with van der Waals surface area (Å²) in [4.78, 5) is 11.5. The van der Waals surface area contributed by atoms with E-state index in [1.807, 2.05) is 0 Å². The Morgan fingerprint density at radius 2 is 1.71 bits per heavy atom. The SMILES string of the molecule is COC(=O)/C(=C/Nc1ccc2c(c1)OCCO2)S(=O)(=O)c1ccc(OC)cc1. The van der Waals surface area contributed by atoms with Crippen LogP contribution in [0.1, 0.15) is 0 Å². The van der Waals surface area contributed by atoms with Crippen LogP contribution in [0.5, 0.6) is 17.2 Å². The van der Waals surface area contributed by atoms with E-state index in [0.29, 0.717) is 36.1 Å². The van der Waals surface area contributed by atoms with Crippen LogP contribution in [0, 0.1) is 0 Å². The summed E-state index contributed by atoms with van der Waals surface area (Å²) < 4.78 is 46.4. The minimum Gasteiger partial charge on any atom is -0.497 e. The number of carbonyl (C=O) groups excluding carboxylic acids is 1. The molecule has 9 heteroatoms. The van der Waals surface area contributed by atoms with Crippen LogP contribution in [0.2, 0.25) is 0 Å². The predicted octanol–water partition coefficient (Wildman–Crippen LogP) is 2.37. The number of hydrogen-bond donors (Lipinski definition) is 1. The van der Waals surface area contributed by atoms with Gasteiger partial charge in [-0.25, -0.2) is 13.2 Å². The molecule has 3 rings (SSSR count). The van der Waals surface area contributed by atoms with Crippen molar-refractivity contribution < 1.29 is 32.2 Å². The van der Waals surface area contributed by atoms with Crippen molar-refractivity contribution in [3.8, 4) is 17.2 Å². The second kappa shape index (κ2) is 8.22. The van der Waals surface area contributed by atoms with E-state index in [2.05, 4.69) is 10.1 Å². The lowest BCUT2D eigenvalue weighted by Crippen LogP contribution is -2.17. The molecule has 1 N–H and O–H groups in total. The fourth-order valence-corrected chi connectivity index (χ4v) is 3.78. The highest BCUT2D eigenvalue weighted by molar-refractivity contribution is 7.96. The van der Waals surface area contributed by atoms with E-state index in [1.165, 1.54) is 31.4 Å². The molecule has 1 aliphatic rings. The number of sulfone groups is 1. The molecular weight excluding hydrogens is 386 g/mol. The largest absolute Gasteiger partial charge is 0.497 e. The summed E-state index contributed by atoms with van der Waals surface area (Å²) in [6, 6.07) is 10.7. The van der Waals surface area contributed by atoms with Gasteiger partial charge in [-0.3, -0.25) is 0 Å². The summed E-state index contributed by atoms with van der Waals surface area (Å²) >= 11 is 0. The highest BCUT2D eigenvalue weighted by Crippen LogP contribution is 2.33. The summed E-state index contributed by atoms with van der Waals surface area (Å²) in [5.74, 6) is 0.639. The molecule has 0 fully saturated rings. The number of benzene rings is 2. The number of fused-ring (bicyclic) bond motifs is 1. The lowest BCUT2D eigenvalue weighted by molar-refractivity contribution is -0.135. The van der Waals surface area contributed by atoms with Gasteiger partial charge in [0.25, 0.3) is 0 Å². The molecule has 0 saturated heterocycles. The molecule has 1 aliphatic heterocycles. The number of ether oxygens (including phenoxy) is 4. The standard InChI is InChI=1S/C19H19NO7S/c1-24-14-4-6-15(7-5-14)28(22,23)18(19(21)25-2)12-20-13-3-8-16-17(11-13)27-10-9-26-16/h3-8,11-12,20H,9-10H2,1-2H3/b18-12-. The maximum Gasteiger partial charge on any atom is 0.351 e. The minimum absolute atomic E-state index is 0.0612. The van der Waals surface area contributed by atoms with Crippen molar-refractivity contribution in [2.24, 2.45) is 0 Å². The Hall–Kier alpha value is -3.20. The third kappa shape index (κ3) is 4.04. The van der Waals surface area contributed by atoms with Gasteiger partial charge in [0.05, 0.1) is 19.1 Å². The topological polar surface area (TPSA) is 100 Å². The van der Waals surface area contributed by atoms with E-state index in [9.17, 15) is 13.2 Å². The second-order valence-electron chi connectivity index (χ2n) is 5.68. The summed E-state index contributed by atoms with van der Waals surface area (Å²) in [5.41, 5.74) is 0.524. The maximum absolute atomic E-state index is 12.9. The molecule has 0 amide bonds. The smallest absolute Gasteiger partial charge is 0.351 e. The van der Waals surface area contributed by atoms with E-state index in [-0.39, 0.29) is 4.90 Å². The van der Waals surface area contributed by atoms with Crippen LogP contribution in [0.3, 0.4) is 0 Å². The molecule has 0 spiro atoms. The number of carbonyl (C=O) groups is 1. The van der Waals surface area contributed by atoms with Gasteiger partial charge < -0.3 is 24.3 Å². The van der Waals surface area contributed by atoms with Crippen molar-refractivity contribution >= 4 is 21.5 Å². The Bertz CT molecular complexity index is 997. The predicted molar refractivity (Wildman–Crippen MR) is 101 cm³/mol. The first-order valence-corrected chi connectivity index (χ1v) is 9.78. The number of hydrogen-bond acceptors (Lipinski definition) is 8. The van der Waals surface area contributed by atoms with Crippen LogP contribution in [0.15, 0.2) is 58.5 Å². The molecule has 2 aromatic carbocycles. The summed E-state index contributed by atoms with van der Waals surface area (Å²) in [5, 5.41) is 2.81. The molecule has 8 nitrogen and oxygen atoms in total. The molecular formula is C19H19NO7S. The van der Waals surface area contributed by atoms with Crippen molar-refractivity contribution in [2.75, 3.05) is 32.8 Å². The Balaban J connectivity index is 1.91. The first-order valence-electron chi connectivity index (χ1n) is 8.29. The molecule has 1 heterocycles. The van der Waals surface area contributed by atoms with Gasteiger partial charge in [-0.05, 0) is 36.4 Å². The molecule has 0 unspecified atom stereocenters. The zero-order valence-corrected chi connectivity index (χ0v) is 16.1. The van der Waals surface area contributed by atoms with Crippen molar-refractivity contribution in [1.29, 1.82) is 0 Å². The van der Waals surface area contributed by atoms with E-state index in [1.54, 1.807) is 18.2 Å². The lowest BCUT2D eigenvalue weighted by Gasteiger charge is -2.18. The summed E-state index contributed by atoms with van der Waals surface area (Å²) in [6.45, 7) is 0.887. The lowest BCUT2D eigenvalue weighted by atomic mass is 10.2. The highest BCUT2D eigenvalue weighted by Gasteiger charge is 2.28. The first kappa shape index (κ1) is 19.6. The van der Waals surface area contributed by atoms with E-state index in [0.717, 1.165) is 13.3 Å². The van der Waals surface area contributed by atoms with Gasteiger partial charge in [-0.15, -0.1) is 0 Å². The van der Waals surface area contributed by atoms with Crippen LogP contribution in [-0.2, 0) is 19.4 Å². The molecule has 0 bridgehead atoms. The molecule has 0 aliphatic carbocycles. The van der Waals surface area contributed by atoms with Crippen molar-refractivity contribution in [3.63, 3.8) is 0 Å². The third-order valence-electron chi connectivity index (χ3n) is 3.96. The summed E-state index contributed by atoms with van der Waals surface area (Å²) in [7, 11) is -1.52. The van der Waals surface area contributed by atoms with Gasteiger partial charge in [0, 0.05) is 18.0 Å². The minimum atomic E-state index is -4.11. The zero-order chi connectivity index (χ0) is 20.1. The van der Waals surface area contributed by atoms with Gasteiger partial charge in [0.2, 0.25) is 9.84 Å². The summed E-state index contributed by atoms with van der Waals surface area (Å²) in [6.07, 6.45) is 1.09. The number of anilines is 1. The molecule has 2 aromatic rings. The maximum atomic E-state index is 12.9. The van der Waals surface area contributed by atoms with Gasteiger partial charge in [0.1, 0.15) is 19.0 Å². The van der Waals surface area contributed by atoms with Gasteiger partial charge >= 0.3 is 5.97 Å². The van der Waals surface area contributed by atoms with Gasteiger partial charge in [-0.2, -0.15) is 0 Å². The number of rotatable bonds is 6. The highest BCUT2D eigenvalue weighted by atomic mass is 32.2. The Labute approximate surface area is 162 Å². The normalized spacial score (nSPS) is 13.6. The van der Waals surface area contributed by atoms with Crippen molar-refractivity contribution in [3.05, 3.63) is 53.6 Å². The van der Waals surface area contributed by atoms with Crippen molar-refractivity contribution in [1.82, 2.24) is 0 Å². The molecule has 0 radical (unpaired) electrons. The average molecular weight is 405 g/mol. The molecule has 0 atom stereocenters. The average Bonchev–Trinajstić information content (AvgIpc) is 2.73. The zero-order valence-electron chi connectivity index (χ0n) is 15.3. The van der Waals surface area contributed by atoms with Crippen LogP contribution in [0.25, 0.3) is 0 Å². The molecule has 148 valence electrons. The monoisotopic (exact) mass is 405 g/mol. The Kier molecular flexibility index (Phi) is 5.74. The Morgan fingerprint density at radius 3 is 2.36 bits per heavy atom. The quantitative estimate of drug-likeness (QED) is 0.578. The van der Waals surface area contributed by atoms with Crippen LogP contribution < -0.4 is 19.5 Å². The van der Waals surface area contributed by atoms with E-state index >= 15 is 0 Å². The third-order valence-corrected chi connectivity index (χ3v) is 5.71. The molecule has 0 saturated carbocycles. The number of nitrogens with one attached hydrogen (secondary N) is 1.